The number of hydrogen-bond donors (Lipinski definition) is 2. The summed E-state index contributed by atoms with van der Waals surface area (Å²) in [5, 5.41) is 11.8. The number of rotatable bonds is 5. The second kappa shape index (κ2) is 7.16. The molecule has 0 aromatic carbocycles. The number of amides is 2. The van der Waals surface area contributed by atoms with Gasteiger partial charge in [0.05, 0.1) is 24.0 Å². The summed E-state index contributed by atoms with van der Waals surface area (Å²) < 4.78 is 23.1. The summed E-state index contributed by atoms with van der Waals surface area (Å²) in [4.78, 5) is 24.2. The lowest BCUT2D eigenvalue weighted by Gasteiger charge is -2.34. The fourth-order valence-corrected chi connectivity index (χ4v) is 3.72. The summed E-state index contributed by atoms with van der Waals surface area (Å²) in [6.45, 7) is 2.46. The Kier molecular flexibility index (Phi) is 6.12. The van der Waals surface area contributed by atoms with Crippen molar-refractivity contribution in [2.24, 2.45) is 0 Å². The molecule has 9 heteroatoms. The summed E-state index contributed by atoms with van der Waals surface area (Å²) >= 11 is 1.60. The van der Waals surface area contributed by atoms with Gasteiger partial charge in [-0.25, -0.2) is 13.2 Å². The van der Waals surface area contributed by atoms with Crippen molar-refractivity contribution in [3.8, 4) is 0 Å². The molecule has 2 N–H and O–H groups in total. The zero-order valence-electron chi connectivity index (χ0n) is 11.5. The standard InChI is InChI=1S/C11H20N2O5S2/c1-8(19-2)6-12-11(16)13-3-4-20(17,18)7-9(13)5-10(14)15/h8-9H,3-7H2,1-2H3,(H,12,16)(H,14,15). The molecule has 2 amide bonds. The maximum atomic E-state index is 12.0. The molecule has 0 bridgehead atoms. The zero-order chi connectivity index (χ0) is 15.3. The normalized spacial score (nSPS) is 23.1. The van der Waals surface area contributed by atoms with Crippen LogP contribution in [0.25, 0.3) is 0 Å². The molecule has 1 aliphatic heterocycles. The topological polar surface area (TPSA) is 104 Å². The monoisotopic (exact) mass is 324 g/mol. The van der Waals surface area contributed by atoms with Crippen molar-refractivity contribution in [3.05, 3.63) is 0 Å². The number of carbonyl (C=O) groups is 2. The van der Waals surface area contributed by atoms with Gasteiger partial charge in [0, 0.05) is 18.3 Å². The molecule has 2 atom stereocenters. The molecule has 20 heavy (non-hydrogen) atoms. The molecule has 1 aliphatic rings. The van der Waals surface area contributed by atoms with E-state index in [1.165, 1.54) is 4.90 Å². The number of urea groups is 1. The van der Waals surface area contributed by atoms with Crippen molar-refractivity contribution in [1.82, 2.24) is 10.2 Å². The SMILES string of the molecule is CSC(C)CNC(=O)N1CCS(=O)(=O)CC1CC(=O)O. The van der Waals surface area contributed by atoms with Crippen LogP contribution in [0.1, 0.15) is 13.3 Å². The molecular weight excluding hydrogens is 304 g/mol. The first kappa shape index (κ1) is 17.1. The summed E-state index contributed by atoms with van der Waals surface area (Å²) in [6, 6.07) is -1.19. The number of aliphatic carboxylic acids is 1. The summed E-state index contributed by atoms with van der Waals surface area (Å²) in [5.74, 6) is -1.51. The van der Waals surface area contributed by atoms with Gasteiger partial charge >= 0.3 is 12.0 Å². The molecule has 0 spiro atoms. The van der Waals surface area contributed by atoms with E-state index in [9.17, 15) is 18.0 Å². The number of carboxylic acid groups (broad SMARTS) is 1. The minimum atomic E-state index is -3.27. The minimum Gasteiger partial charge on any atom is -0.481 e. The first-order valence-electron chi connectivity index (χ1n) is 6.24. The lowest BCUT2D eigenvalue weighted by molar-refractivity contribution is -0.138. The Morgan fingerprint density at radius 3 is 2.70 bits per heavy atom. The van der Waals surface area contributed by atoms with E-state index in [0.717, 1.165) is 0 Å². The van der Waals surface area contributed by atoms with E-state index >= 15 is 0 Å². The van der Waals surface area contributed by atoms with Crippen LogP contribution in [0, 0.1) is 0 Å². The quantitative estimate of drug-likeness (QED) is 0.739. The molecule has 116 valence electrons. The maximum absolute atomic E-state index is 12.0. The predicted octanol–water partition coefficient (Wildman–Crippen LogP) is 0.0212. The Morgan fingerprint density at radius 2 is 2.15 bits per heavy atom. The smallest absolute Gasteiger partial charge is 0.317 e. The highest BCUT2D eigenvalue weighted by Gasteiger charge is 2.35. The third-order valence-corrected chi connectivity index (χ3v) is 5.81. The van der Waals surface area contributed by atoms with Gasteiger partial charge in [-0.1, -0.05) is 6.92 Å². The molecule has 0 aromatic heterocycles. The van der Waals surface area contributed by atoms with E-state index in [-0.39, 0.29) is 29.7 Å². The average Bonchev–Trinajstić information content (AvgIpc) is 2.33. The fraction of sp³-hybridized carbons (Fsp3) is 0.818. The summed E-state index contributed by atoms with van der Waals surface area (Å²) in [5.41, 5.74) is 0. The number of sulfone groups is 1. The number of nitrogens with zero attached hydrogens (tertiary/aromatic N) is 1. The van der Waals surface area contributed by atoms with Crippen molar-refractivity contribution < 1.29 is 23.1 Å². The van der Waals surface area contributed by atoms with Crippen molar-refractivity contribution >= 4 is 33.6 Å². The Balaban J connectivity index is 2.69. The number of thioether (sulfide) groups is 1. The Labute approximate surface area is 123 Å². The average molecular weight is 324 g/mol. The first-order chi connectivity index (χ1) is 9.25. The molecular formula is C11H20N2O5S2. The van der Waals surface area contributed by atoms with Gasteiger partial charge in [0.1, 0.15) is 0 Å². The second-order valence-corrected chi connectivity index (χ2v) is 8.30. The highest BCUT2D eigenvalue weighted by Crippen LogP contribution is 2.15. The van der Waals surface area contributed by atoms with Crippen LogP contribution < -0.4 is 5.32 Å². The van der Waals surface area contributed by atoms with Gasteiger partial charge < -0.3 is 15.3 Å². The van der Waals surface area contributed by atoms with Crippen LogP contribution in [-0.4, -0.2) is 72.6 Å². The van der Waals surface area contributed by atoms with Gasteiger partial charge in [-0.2, -0.15) is 11.8 Å². The molecule has 1 saturated heterocycles. The van der Waals surface area contributed by atoms with Gasteiger partial charge in [-0.3, -0.25) is 4.79 Å². The molecule has 0 aromatic rings. The lowest BCUT2D eigenvalue weighted by atomic mass is 10.2. The Hall–Kier alpha value is -0.960. The van der Waals surface area contributed by atoms with Crippen LogP contribution in [0.2, 0.25) is 0 Å². The van der Waals surface area contributed by atoms with Crippen LogP contribution in [-0.2, 0) is 14.6 Å². The van der Waals surface area contributed by atoms with Gasteiger partial charge in [-0.15, -0.1) is 0 Å². The third-order valence-electron chi connectivity index (χ3n) is 3.14. The van der Waals surface area contributed by atoms with E-state index in [1.807, 2.05) is 13.2 Å². The van der Waals surface area contributed by atoms with E-state index in [2.05, 4.69) is 5.32 Å². The van der Waals surface area contributed by atoms with Crippen LogP contribution in [0.15, 0.2) is 0 Å². The third kappa shape index (κ3) is 5.20. The van der Waals surface area contributed by atoms with E-state index in [4.69, 9.17) is 5.11 Å². The zero-order valence-corrected chi connectivity index (χ0v) is 13.2. The van der Waals surface area contributed by atoms with Crippen molar-refractivity contribution in [2.45, 2.75) is 24.6 Å². The van der Waals surface area contributed by atoms with Crippen LogP contribution in [0.3, 0.4) is 0 Å². The molecule has 7 nitrogen and oxygen atoms in total. The highest BCUT2D eigenvalue weighted by atomic mass is 32.2. The van der Waals surface area contributed by atoms with Crippen molar-refractivity contribution in [2.75, 3.05) is 30.9 Å². The molecule has 1 rings (SSSR count). The maximum Gasteiger partial charge on any atom is 0.317 e. The molecule has 0 aliphatic carbocycles. The minimum absolute atomic E-state index is 0.0414. The second-order valence-electron chi connectivity index (χ2n) is 4.79. The van der Waals surface area contributed by atoms with Crippen LogP contribution >= 0.6 is 11.8 Å². The number of hydrogen-bond acceptors (Lipinski definition) is 5. The molecule has 1 heterocycles. The van der Waals surface area contributed by atoms with Gasteiger partial charge in [0.2, 0.25) is 0 Å². The largest absolute Gasteiger partial charge is 0.481 e. The van der Waals surface area contributed by atoms with Crippen molar-refractivity contribution in [1.29, 1.82) is 0 Å². The number of carboxylic acids is 1. The highest BCUT2D eigenvalue weighted by molar-refractivity contribution is 7.99. The molecule has 0 saturated carbocycles. The van der Waals surface area contributed by atoms with Gasteiger partial charge in [0.25, 0.3) is 0 Å². The van der Waals surface area contributed by atoms with E-state index in [0.29, 0.717) is 6.54 Å². The molecule has 1 fully saturated rings. The van der Waals surface area contributed by atoms with E-state index < -0.39 is 27.9 Å². The number of nitrogens with one attached hydrogen (secondary N) is 1. The lowest BCUT2D eigenvalue weighted by Crippen LogP contribution is -2.55. The Bertz CT molecular complexity index is 465. The predicted molar refractivity (Wildman–Crippen MR) is 77.8 cm³/mol. The summed E-state index contributed by atoms with van der Waals surface area (Å²) in [7, 11) is -3.27. The van der Waals surface area contributed by atoms with E-state index in [1.54, 1.807) is 11.8 Å². The fourth-order valence-electron chi connectivity index (χ4n) is 1.94. The first-order valence-corrected chi connectivity index (χ1v) is 9.35. The molecule has 0 radical (unpaired) electrons. The summed E-state index contributed by atoms with van der Waals surface area (Å²) in [6.07, 6.45) is 1.57. The van der Waals surface area contributed by atoms with Crippen molar-refractivity contribution in [3.63, 3.8) is 0 Å². The van der Waals surface area contributed by atoms with Gasteiger partial charge in [-0.05, 0) is 6.26 Å². The number of carbonyl (C=O) groups excluding carboxylic acids is 1. The Morgan fingerprint density at radius 1 is 1.50 bits per heavy atom. The molecule has 2 unspecified atom stereocenters. The van der Waals surface area contributed by atoms with Crippen LogP contribution in [0.4, 0.5) is 4.79 Å². The van der Waals surface area contributed by atoms with Gasteiger partial charge in [0.15, 0.2) is 9.84 Å². The van der Waals surface area contributed by atoms with Crippen LogP contribution in [0.5, 0.6) is 0 Å².